The first-order valence-corrected chi connectivity index (χ1v) is 22.3. The Morgan fingerprint density at radius 2 is 1.31 bits per heavy atom. The van der Waals surface area contributed by atoms with E-state index in [4.69, 9.17) is 22.4 Å². The van der Waals surface area contributed by atoms with E-state index in [1.54, 1.807) is 6.20 Å². The average Bonchev–Trinajstić information content (AvgIpc) is 4.04. The molecule has 10 aromatic rings. The second-order valence-electron chi connectivity index (χ2n) is 20.2. The molecule has 0 radical (unpaired) electrons. The molecule has 0 spiro atoms. The molecule has 11 rings (SSSR count). The number of nitrogens with zero attached hydrogens (tertiary/aromatic N) is 4. The van der Waals surface area contributed by atoms with Crippen molar-refractivity contribution in [1.29, 1.82) is 0 Å². The van der Waals surface area contributed by atoms with Crippen molar-refractivity contribution in [2.75, 3.05) is 9.80 Å². The third-order valence-electron chi connectivity index (χ3n) is 12.5. The number of hydrogen-bond acceptors (Lipinski definition) is 5. The Kier molecular flexibility index (Phi) is 8.88. The second kappa shape index (κ2) is 16.3. The molecule has 0 N–H and O–H groups in total. The summed E-state index contributed by atoms with van der Waals surface area (Å²) in [6, 6.07) is 39.1. The Bertz CT molecular complexity index is 3910. The zero-order valence-electron chi connectivity index (χ0n) is 45.9. The van der Waals surface area contributed by atoms with Crippen LogP contribution in [0.3, 0.4) is 0 Å². The molecule has 0 fully saturated rings. The van der Waals surface area contributed by atoms with Crippen LogP contribution in [0.4, 0.5) is 22.7 Å². The summed E-state index contributed by atoms with van der Waals surface area (Å²) in [5.41, 5.74) is 9.34. The zero-order valence-corrected chi connectivity index (χ0v) is 41.2. The standard InChI is InChI=1S/C60H53N4O2.Pt/c1-58(2,3)39-28-29-61-56(34-39)64-51-27-24-38(46-19-15-20-49-48-18-10-13-23-55(48)66-57(46)49)30-50(51)47-26-25-45(36-54(47)64)65-44-17-14-16-42(35-44)62-37-63(53-22-12-11-21-52(53)62)43-32-40(59(4,5)6)31-41(33-43)60(7,8)9;/h10-34,37H,1-9H3;/q-3;/i10D,13D,15D,18D,19D,20D,23D;. The van der Waals surface area contributed by atoms with Crippen LogP contribution in [0.25, 0.3) is 60.7 Å². The van der Waals surface area contributed by atoms with E-state index in [0.717, 1.165) is 44.6 Å². The van der Waals surface area contributed by atoms with Crippen LogP contribution in [0.5, 0.6) is 11.5 Å². The van der Waals surface area contributed by atoms with Crippen LogP contribution in [-0.2, 0) is 37.3 Å². The minimum absolute atomic E-state index is 0. The van der Waals surface area contributed by atoms with E-state index in [9.17, 15) is 1.37 Å². The molecule has 1 aliphatic heterocycles. The largest absolute Gasteiger partial charge is 0.509 e. The fourth-order valence-corrected chi connectivity index (χ4v) is 8.80. The van der Waals surface area contributed by atoms with Crippen LogP contribution in [0, 0.1) is 18.8 Å². The van der Waals surface area contributed by atoms with Gasteiger partial charge in [-0.1, -0.05) is 134 Å². The summed E-state index contributed by atoms with van der Waals surface area (Å²) in [7, 11) is 0. The van der Waals surface area contributed by atoms with Crippen LogP contribution in [0.15, 0.2) is 156 Å². The summed E-state index contributed by atoms with van der Waals surface area (Å²) in [6.45, 7) is 22.1. The number of aromatic nitrogens is 2. The van der Waals surface area contributed by atoms with Gasteiger partial charge in [0.15, 0.2) is 0 Å². The molecule has 0 unspecified atom stereocenters. The molecule has 67 heavy (non-hydrogen) atoms. The van der Waals surface area contributed by atoms with Gasteiger partial charge in [-0.3, -0.25) is 0 Å². The Hall–Kier alpha value is -6.62. The van der Waals surface area contributed by atoms with E-state index < -0.39 is 18.1 Å². The smallest absolute Gasteiger partial charge is 0.143 e. The first-order chi connectivity index (χ1) is 34.5. The minimum Gasteiger partial charge on any atom is -0.509 e. The predicted molar refractivity (Wildman–Crippen MR) is 273 cm³/mol. The fraction of sp³-hybridized carbons (Fsp3) is 0.200. The van der Waals surface area contributed by atoms with Gasteiger partial charge >= 0.3 is 0 Å². The predicted octanol–water partition coefficient (Wildman–Crippen LogP) is 16.4. The number of ether oxygens (including phenoxy) is 1. The van der Waals surface area contributed by atoms with Crippen LogP contribution in [0.2, 0.25) is 0 Å². The first-order valence-electron chi connectivity index (χ1n) is 25.8. The van der Waals surface area contributed by atoms with Gasteiger partial charge in [-0.2, -0.15) is 12.1 Å². The van der Waals surface area contributed by atoms with Crippen molar-refractivity contribution in [3.05, 3.63) is 187 Å². The van der Waals surface area contributed by atoms with Gasteiger partial charge in [-0.15, -0.1) is 48.1 Å². The normalized spacial score (nSPS) is 14.7. The van der Waals surface area contributed by atoms with E-state index in [-0.39, 0.29) is 89.0 Å². The quantitative estimate of drug-likeness (QED) is 0.155. The van der Waals surface area contributed by atoms with Crippen molar-refractivity contribution in [3.63, 3.8) is 0 Å². The third kappa shape index (κ3) is 7.89. The molecule has 0 saturated carbocycles. The molecule has 338 valence electrons. The molecule has 0 bridgehead atoms. The Morgan fingerprint density at radius 3 is 2.06 bits per heavy atom. The van der Waals surface area contributed by atoms with E-state index in [1.807, 2.05) is 65.2 Å². The van der Waals surface area contributed by atoms with Gasteiger partial charge < -0.3 is 23.5 Å². The summed E-state index contributed by atoms with van der Waals surface area (Å²) in [4.78, 5) is 9.27. The van der Waals surface area contributed by atoms with Crippen LogP contribution in [-0.4, -0.2) is 9.55 Å². The molecule has 0 aliphatic carbocycles. The monoisotopic (exact) mass is 1060 g/mol. The molecule has 7 heteroatoms. The van der Waals surface area contributed by atoms with E-state index in [2.05, 4.69) is 133 Å². The van der Waals surface area contributed by atoms with Gasteiger partial charge in [0.1, 0.15) is 17.0 Å². The maximum Gasteiger partial charge on any atom is 0.143 e. The molecular weight excluding hydrogens is 1000 g/mol. The van der Waals surface area contributed by atoms with Gasteiger partial charge in [0.25, 0.3) is 0 Å². The number of hydrogen-bond donors (Lipinski definition) is 0. The van der Waals surface area contributed by atoms with Crippen molar-refractivity contribution < 1.29 is 39.8 Å². The molecular formula is C60H53N4O2Pt-3. The molecule has 1 aliphatic rings. The van der Waals surface area contributed by atoms with Crippen LogP contribution in [0.1, 0.15) is 88.6 Å². The first kappa shape index (κ1) is 36.5. The average molecular weight is 1060 g/mol. The molecule has 6 nitrogen and oxygen atoms in total. The number of benzene rings is 7. The topological polar surface area (TPSA) is 46.7 Å². The van der Waals surface area contributed by atoms with E-state index in [0.29, 0.717) is 28.4 Å². The molecule has 0 saturated heterocycles. The molecule has 7 aromatic carbocycles. The van der Waals surface area contributed by atoms with Crippen molar-refractivity contribution in [1.82, 2.24) is 9.55 Å². The van der Waals surface area contributed by atoms with Gasteiger partial charge in [-0.05, 0) is 92.4 Å². The van der Waals surface area contributed by atoms with Crippen molar-refractivity contribution in [2.45, 2.75) is 78.6 Å². The number of fused-ring (bicyclic) bond motifs is 7. The number of pyridine rings is 1. The van der Waals surface area contributed by atoms with E-state index >= 15 is 0 Å². The number of para-hydroxylation sites is 4. The van der Waals surface area contributed by atoms with Gasteiger partial charge in [0, 0.05) is 77.7 Å². The second-order valence-corrected chi connectivity index (χ2v) is 20.2. The molecule has 4 heterocycles. The molecule has 0 amide bonds. The minimum atomic E-state index is -0.471. The Balaban J connectivity index is 0.00000626. The summed E-state index contributed by atoms with van der Waals surface area (Å²) < 4.78 is 75.9. The number of rotatable bonds is 6. The zero-order chi connectivity index (χ0) is 51.8. The van der Waals surface area contributed by atoms with Crippen LogP contribution >= 0.6 is 0 Å². The van der Waals surface area contributed by atoms with Gasteiger partial charge in [0.05, 0.1) is 9.60 Å². The van der Waals surface area contributed by atoms with Crippen LogP contribution < -0.4 is 14.5 Å². The maximum atomic E-state index is 9.18. The summed E-state index contributed by atoms with van der Waals surface area (Å²) in [5.74, 6) is 1.60. The molecule has 3 aromatic heterocycles. The SMILES string of the molecule is [2H]c1c([2H])c([2H])c2c(oc3c(-c4ccc5c(c4)c4ccc(Oc6[c-]c(N7[CH-]N(c8cc(C(C)(C)C)cc(C(C)(C)C)c8)c8ccccc87)ccc6)[c-]c4n5-c4cc(C(C)(C)C)ccn4)c([2H])c([2H])c([2H])c32)c1[2H].[Pt]. The van der Waals surface area contributed by atoms with Gasteiger partial charge in [0.2, 0.25) is 0 Å². The van der Waals surface area contributed by atoms with Crippen molar-refractivity contribution >= 4 is 66.5 Å². The Morgan fingerprint density at radius 1 is 0.612 bits per heavy atom. The van der Waals surface area contributed by atoms with Gasteiger partial charge in [-0.25, -0.2) is 4.98 Å². The van der Waals surface area contributed by atoms with E-state index in [1.165, 1.54) is 11.1 Å². The number of anilines is 4. The number of furan rings is 1. The van der Waals surface area contributed by atoms with Crippen molar-refractivity contribution in [2.24, 2.45) is 0 Å². The Labute approximate surface area is 417 Å². The summed E-state index contributed by atoms with van der Waals surface area (Å²) in [5, 5.41) is 1.64. The molecule has 0 atom stereocenters. The maximum absolute atomic E-state index is 9.18. The summed E-state index contributed by atoms with van der Waals surface area (Å²) >= 11 is 0. The van der Waals surface area contributed by atoms with Crippen molar-refractivity contribution in [3.8, 4) is 28.4 Å². The summed E-state index contributed by atoms with van der Waals surface area (Å²) in [6.07, 6.45) is 1.80. The third-order valence-corrected chi connectivity index (χ3v) is 12.5. The fourth-order valence-electron chi connectivity index (χ4n) is 8.80.